The SMILES string of the molecule is CC[C@@]1(O)C[C@H](O[C@@H]2C[C@H](N(C)C)[C@@H](O[C@@H]3C[C@H](O)[C@@H](O[C@@H]4CC[C@@H](O)[C@@H](C)O4)[C@@H](C)O3)[C@@H](C)O2)c2c(cc3c(c2O)C(=O)c2c(O)cccc2C3=O)[C@H]1C(=O)OC. The summed E-state index contributed by atoms with van der Waals surface area (Å²) in [5, 5.41) is 55.9. The molecule has 16 nitrogen and oxygen atoms in total. The van der Waals surface area contributed by atoms with Gasteiger partial charge in [-0.1, -0.05) is 19.1 Å². The molecule has 7 rings (SSSR count). The number of likely N-dealkylation sites (N-methyl/N-ethyl adjacent to an activating group) is 1. The van der Waals surface area contributed by atoms with Gasteiger partial charge < -0.3 is 63.6 Å². The van der Waals surface area contributed by atoms with E-state index in [2.05, 4.69) is 0 Å². The average Bonchev–Trinajstić information content (AvgIpc) is 3.17. The van der Waals surface area contributed by atoms with Crippen molar-refractivity contribution in [2.45, 2.75) is 151 Å². The maximum absolute atomic E-state index is 13.9. The fourth-order valence-electron chi connectivity index (χ4n) is 9.38. The van der Waals surface area contributed by atoms with Crippen LogP contribution in [0.15, 0.2) is 24.3 Å². The third kappa shape index (κ3) is 7.57. The molecule has 0 amide bonds. The highest BCUT2D eigenvalue weighted by Gasteiger charge is 2.53. The molecule has 3 aliphatic heterocycles. The van der Waals surface area contributed by atoms with Crippen molar-refractivity contribution >= 4 is 17.5 Å². The summed E-state index contributed by atoms with van der Waals surface area (Å²) < 4.78 is 42.8. The van der Waals surface area contributed by atoms with Crippen LogP contribution in [0.2, 0.25) is 0 Å². The van der Waals surface area contributed by atoms with E-state index in [4.69, 9.17) is 33.2 Å². The second kappa shape index (κ2) is 16.5. The Hall–Kier alpha value is -3.55. The number of benzene rings is 2. The number of ether oxygens (including phenoxy) is 7. The number of aliphatic hydroxyl groups excluding tert-OH is 2. The minimum atomic E-state index is -1.75. The largest absolute Gasteiger partial charge is 0.507 e. The Bertz CT molecular complexity index is 1890. The number of nitrogens with zero attached hydrogens (tertiary/aromatic N) is 1. The van der Waals surface area contributed by atoms with Crippen molar-refractivity contribution in [2.24, 2.45) is 0 Å². The number of esters is 1. The van der Waals surface area contributed by atoms with Gasteiger partial charge in [0.2, 0.25) is 5.78 Å². The van der Waals surface area contributed by atoms with Gasteiger partial charge in [0.05, 0.1) is 60.5 Å². The number of methoxy groups -OCH3 is 1. The first-order valence-electron chi connectivity index (χ1n) is 20.0. The Kier molecular flexibility index (Phi) is 12.1. The fourth-order valence-corrected chi connectivity index (χ4v) is 9.38. The van der Waals surface area contributed by atoms with Gasteiger partial charge in [-0.3, -0.25) is 14.4 Å². The number of fused-ring (bicyclic) bond motifs is 3. The number of ketones is 2. The molecule has 0 saturated carbocycles. The van der Waals surface area contributed by atoms with E-state index in [0.29, 0.717) is 12.8 Å². The maximum Gasteiger partial charge on any atom is 0.316 e. The molecule has 5 aliphatic rings. The smallest absolute Gasteiger partial charge is 0.316 e. The van der Waals surface area contributed by atoms with Crippen LogP contribution in [0, 0.1) is 0 Å². The molecule has 14 atom stereocenters. The number of phenols is 2. The maximum atomic E-state index is 13.9. The van der Waals surface area contributed by atoms with E-state index in [1.54, 1.807) is 20.8 Å². The Balaban J connectivity index is 1.13. The van der Waals surface area contributed by atoms with Crippen molar-refractivity contribution in [3.63, 3.8) is 0 Å². The molecule has 2 aromatic rings. The predicted molar refractivity (Wildman–Crippen MR) is 202 cm³/mol. The Morgan fingerprint density at radius 2 is 1.50 bits per heavy atom. The first-order valence-corrected chi connectivity index (χ1v) is 20.0. The molecule has 5 N–H and O–H groups in total. The highest BCUT2D eigenvalue weighted by molar-refractivity contribution is 6.30. The number of carbonyl (C=O) groups is 3. The quantitative estimate of drug-likeness (QED) is 0.196. The lowest BCUT2D eigenvalue weighted by atomic mass is 9.67. The molecule has 318 valence electrons. The van der Waals surface area contributed by atoms with Crippen molar-refractivity contribution in [3.05, 3.63) is 57.6 Å². The van der Waals surface area contributed by atoms with Gasteiger partial charge in [-0.15, -0.1) is 0 Å². The standard InChI is InChI=1S/C42H55NO15/c1-8-42(51)17-28(33-22(35(42)41(50)52-7)14-23-34(38(33)49)37(48)32-21(36(23)47)10-9-11-26(32)45)56-30-15-24(43(5)6)39(19(3)54-30)58-31-16-27(46)40(20(4)55-31)57-29-13-12-25(44)18(2)53-29/h9-11,14,18-20,24-25,27-31,35,39-40,44-46,49,51H,8,12-13,15-17H2,1-7H3/t18-,19-,20-,24+,25-,27+,28+,29-,30-,31-,35+,39+,40+,42-/m1/s1. The van der Waals surface area contributed by atoms with E-state index >= 15 is 0 Å². The third-order valence-electron chi connectivity index (χ3n) is 12.6. The number of hydrogen-bond donors (Lipinski definition) is 5. The van der Waals surface area contributed by atoms with Gasteiger partial charge >= 0.3 is 5.97 Å². The summed E-state index contributed by atoms with van der Waals surface area (Å²) in [5.41, 5.74) is -2.47. The lowest BCUT2D eigenvalue weighted by Crippen LogP contribution is -2.58. The molecule has 0 bridgehead atoms. The molecule has 2 aromatic carbocycles. The van der Waals surface area contributed by atoms with Crippen molar-refractivity contribution < 1.29 is 73.1 Å². The molecule has 0 spiro atoms. The van der Waals surface area contributed by atoms with Crippen LogP contribution in [0.5, 0.6) is 11.5 Å². The van der Waals surface area contributed by atoms with Crippen LogP contribution in [0.3, 0.4) is 0 Å². The first-order chi connectivity index (χ1) is 27.5. The fraction of sp³-hybridized carbons (Fsp3) is 0.643. The van der Waals surface area contributed by atoms with E-state index in [1.165, 1.54) is 31.4 Å². The van der Waals surface area contributed by atoms with Crippen molar-refractivity contribution in [1.29, 1.82) is 0 Å². The summed E-state index contributed by atoms with van der Waals surface area (Å²) in [7, 11) is 4.93. The van der Waals surface area contributed by atoms with Gasteiger partial charge in [0.25, 0.3) is 0 Å². The van der Waals surface area contributed by atoms with Crippen LogP contribution in [0.25, 0.3) is 0 Å². The molecule has 3 saturated heterocycles. The highest BCUT2D eigenvalue weighted by atomic mass is 16.7. The molecule has 0 radical (unpaired) electrons. The zero-order valence-electron chi connectivity index (χ0n) is 33.8. The topological polar surface area (TPSA) is 220 Å². The van der Waals surface area contributed by atoms with Gasteiger partial charge in [-0.2, -0.15) is 0 Å². The summed E-state index contributed by atoms with van der Waals surface area (Å²) >= 11 is 0. The number of aliphatic hydroxyl groups is 3. The zero-order valence-corrected chi connectivity index (χ0v) is 33.8. The lowest BCUT2D eigenvalue weighted by molar-refractivity contribution is -0.328. The number of hydrogen-bond acceptors (Lipinski definition) is 16. The third-order valence-corrected chi connectivity index (χ3v) is 12.6. The Morgan fingerprint density at radius 3 is 2.14 bits per heavy atom. The molecule has 0 aromatic heterocycles. The average molecular weight is 814 g/mol. The molecular formula is C42H55NO15. The van der Waals surface area contributed by atoms with Crippen molar-refractivity contribution in [1.82, 2.24) is 4.90 Å². The number of aromatic hydroxyl groups is 2. The van der Waals surface area contributed by atoms with Crippen LogP contribution >= 0.6 is 0 Å². The molecular weight excluding hydrogens is 758 g/mol. The molecule has 2 aliphatic carbocycles. The van der Waals surface area contributed by atoms with Crippen LogP contribution in [0.1, 0.15) is 121 Å². The Labute approximate surface area is 336 Å². The van der Waals surface area contributed by atoms with Crippen LogP contribution in [-0.2, 0) is 38.0 Å². The van der Waals surface area contributed by atoms with Crippen molar-refractivity contribution in [2.75, 3.05) is 21.2 Å². The van der Waals surface area contributed by atoms with Crippen LogP contribution < -0.4 is 0 Å². The van der Waals surface area contributed by atoms with Gasteiger partial charge in [-0.05, 0) is 65.4 Å². The molecule has 3 heterocycles. The lowest BCUT2D eigenvalue weighted by Gasteiger charge is -2.48. The summed E-state index contributed by atoms with van der Waals surface area (Å²) in [6.07, 6.45) is -6.52. The molecule has 16 heteroatoms. The van der Waals surface area contributed by atoms with E-state index in [9.17, 15) is 39.9 Å². The van der Waals surface area contributed by atoms with Gasteiger partial charge in [0.1, 0.15) is 29.6 Å². The van der Waals surface area contributed by atoms with Gasteiger partial charge in [0.15, 0.2) is 24.7 Å². The van der Waals surface area contributed by atoms with E-state index in [-0.39, 0.29) is 65.1 Å². The normalized spacial score (nSPS) is 37.5. The highest BCUT2D eigenvalue weighted by Crippen LogP contribution is 2.54. The summed E-state index contributed by atoms with van der Waals surface area (Å²) in [6, 6.07) is 5.12. The Morgan fingerprint density at radius 1 is 0.845 bits per heavy atom. The number of rotatable bonds is 9. The van der Waals surface area contributed by atoms with E-state index in [0.717, 1.165) is 0 Å². The van der Waals surface area contributed by atoms with Crippen LogP contribution in [0.4, 0.5) is 0 Å². The number of phenolic OH excluding ortho intramolecular Hbond substituents is 2. The number of carbonyl (C=O) groups excluding carboxylic acids is 3. The summed E-state index contributed by atoms with van der Waals surface area (Å²) in [4.78, 5) is 43.1. The second-order valence-corrected chi connectivity index (χ2v) is 16.5. The van der Waals surface area contributed by atoms with E-state index < -0.39 is 108 Å². The summed E-state index contributed by atoms with van der Waals surface area (Å²) in [5.74, 6) is -4.58. The van der Waals surface area contributed by atoms with Crippen LogP contribution in [-0.4, -0.2) is 142 Å². The minimum absolute atomic E-state index is 0.0305. The van der Waals surface area contributed by atoms with Gasteiger partial charge in [0, 0.05) is 48.4 Å². The molecule has 58 heavy (non-hydrogen) atoms. The first kappa shape index (κ1) is 42.6. The van der Waals surface area contributed by atoms with Crippen molar-refractivity contribution in [3.8, 4) is 11.5 Å². The molecule has 3 fully saturated rings. The van der Waals surface area contributed by atoms with E-state index in [1.807, 2.05) is 25.9 Å². The summed E-state index contributed by atoms with van der Waals surface area (Å²) in [6.45, 7) is 7.08. The van der Waals surface area contributed by atoms with Gasteiger partial charge in [-0.25, -0.2) is 0 Å². The zero-order chi connectivity index (χ0) is 42.0. The second-order valence-electron chi connectivity index (χ2n) is 16.5. The molecule has 0 unspecified atom stereocenters. The minimum Gasteiger partial charge on any atom is -0.507 e. The monoisotopic (exact) mass is 813 g/mol. The predicted octanol–water partition coefficient (Wildman–Crippen LogP) is 2.95.